The number of alkyl halides is 3. The third-order valence-electron chi connectivity index (χ3n) is 9.08. The van der Waals surface area contributed by atoms with Gasteiger partial charge in [-0.15, -0.1) is 0 Å². The molecule has 0 radical (unpaired) electrons. The standard InChI is InChI=1S/C32H44F3N3O6/c1-20(2)38(25-18-30(25)10-9-13-36(19-30)28(41)44-29(3,4)5)26(39)21-16-23-24(17-22(21)32(33,34)35)43-31(11-12-31)27(40)37(23)14-7-8-15-42-6/h16-17,20,25H,7-15,18-19H2,1-6H3/t25?,30-/m1/s1. The second-order valence-electron chi connectivity index (χ2n) is 14.0. The Labute approximate surface area is 256 Å². The van der Waals surface area contributed by atoms with Gasteiger partial charge in [0.15, 0.2) is 5.60 Å². The molecule has 1 saturated heterocycles. The number of carbonyl (C=O) groups excluding carboxylic acids is 3. The molecule has 2 atom stereocenters. The number of benzene rings is 1. The molecule has 9 nitrogen and oxygen atoms in total. The summed E-state index contributed by atoms with van der Waals surface area (Å²) >= 11 is 0. The number of ether oxygens (including phenoxy) is 3. The molecular formula is C32H44F3N3O6. The number of likely N-dealkylation sites (tertiary alicyclic amines) is 1. The first-order valence-corrected chi connectivity index (χ1v) is 15.6. The Morgan fingerprint density at radius 3 is 2.43 bits per heavy atom. The number of rotatable bonds is 8. The van der Waals surface area contributed by atoms with Crippen molar-refractivity contribution < 1.29 is 41.8 Å². The number of carbonyl (C=O) groups is 3. The fourth-order valence-corrected chi connectivity index (χ4v) is 6.73. The summed E-state index contributed by atoms with van der Waals surface area (Å²) in [4.78, 5) is 45.2. The second-order valence-corrected chi connectivity index (χ2v) is 14.0. The smallest absolute Gasteiger partial charge is 0.417 e. The molecule has 0 N–H and O–H groups in total. The van der Waals surface area contributed by atoms with Crippen molar-refractivity contribution in [2.24, 2.45) is 5.41 Å². The molecule has 5 rings (SSSR count). The van der Waals surface area contributed by atoms with Crippen LogP contribution in [0.4, 0.5) is 23.7 Å². The van der Waals surface area contributed by atoms with E-state index in [-0.39, 0.29) is 29.9 Å². The van der Waals surface area contributed by atoms with E-state index in [9.17, 15) is 27.6 Å². The first-order valence-electron chi connectivity index (χ1n) is 15.6. The van der Waals surface area contributed by atoms with Crippen molar-refractivity contribution in [2.45, 2.75) is 109 Å². The Morgan fingerprint density at radius 2 is 1.84 bits per heavy atom. The molecule has 244 valence electrons. The molecule has 3 fully saturated rings. The number of hydrogen-bond acceptors (Lipinski definition) is 6. The molecule has 2 heterocycles. The summed E-state index contributed by atoms with van der Waals surface area (Å²) in [5.74, 6) is -1.06. The summed E-state index contributed by atoms with van der Waals surface area (Å²) in [7, 11) is 1.58. The van der Waals surface area contributed by atoms with E-state index >= 15 is 0 Å². The Balaban J connectivity index is 1.47. The van der Waals surface area contributed by atoms with Gasteiger partial charge in [-0.1, -0.05) is 0 Å². The quantitative estimate of drug-likeness (QED) is 0.329. The maximum absolute atomic E-state index is 14.6. The summed E-state index contributed by atoms with van der Waals surface area (Å²) in [5.41, 5.74) is -3.60. The number of unbranched alkanes of at least 4 members (excludes halogenated alkanes) is 1. The van der Waals surface area contributed by atoms with Crippen LogP contribution in [0.15, 0.2) is 12.1 Å². The highest BCUT2D eigenvalue weighted by molar-refractivity contribution is 6.06. The second kappa shape index (κ2) is 11.4. The van der Waals surface area contributed by atoms with Gasteiger partial charge in [0.25, 0.3) is 11.8 Å². The molecule has 2 spiro atoms. The Bertz CT molecular complexity index is 1310. The molecule has 0 bridgehead atoms. The molecule has 0 aromatic heterocycles. The zero-order valence-corrected chi connectivity index (χ0v) is 26.5. The van der Waals surface area contributed by atoms with Gasteiger partial charge in [0.05, 0.1) is 16.8 Å². The van der Waals surface area contributed by atoms with Crippen LogP contribution in [0.25, 0.3) is 0 Å². The van der Waals surface area contributed by atoms with E-state index in [2.05, 4.69) is 0 Å². The Morgan fingerprint density at radius 1 is 1.14 bits per heavy atom. The van der Waals surface area contributed by atoms with Crippen molar-refractivity contribution in [1.82, 2.24) is 9.80 Å². The first kappa shape index (κ1) is 32.4. The number of piperidine rings is 1. The molecule has 2 aliphatic carbocycles. The highest BCUT2D eigenvalue weighted by Gasteiger charge is 2.61. The molecule has 44 heavy (non-hydrogen) atoms. The van der Waals surface area contributed by atoms with Gasteiger partial charge in [0, 0.05) is 63.7 Å². The summed E-state index contributed by atoms with van der Waals surface area (Å²) in [6.45, 7) is 10.6. The maximum atomic E-state index is 14.6. The molecule has 3 amide bonds. The van der Waals surface area contributed by atoms with Crippen LogP contribution in [-0.2, 0) is 20.4 Å². The number of nitrogens with zero attached hydrogens (tertiary/aromatic N) is 3. The van der Waals surface area contributed by atoms with Gasteiger partial charge < -0.3 is 28.9 Å². The molecule has 1 unspecified atom stereocenters. The fraction of sp³-hybridized carbons (Fsp3) is 0.719. The molecule has 4 aliphatic rings. The van der Waals surface area contributed by atoms with E-state index in [1.807, 2.05) is 0 Å². The van der Waals surface area contributed by atoms with Crippen LogP contribution < -0.4 is 9.64 Å². The van der Waals surface area contributed by atoms with Gasteiger partial charge in [0.2, 0.25) is 0 Å². The van der Waals surface area contributed by atoms with Gasteiger partial charge in [-0.2, -0.15) is 13.2 Å². The minimum absolute atomic E-state index is 0.0306. The zero-order valence-electron chi connectivity index (χ0n) is 26.5. The third kappa shape index (κ3) is 6.23. The van der Waals surface area contributed by atoms with Crippen molar-refractivity contribution in [2.75, 3.05) is 38.3 Å². The van der Waals surface area contributed by atoms with Gasteiger partial charge in [-0.05, 0) is 78.9 Å². The topological polar surface area (TPSA) is 88.6 Å². The van der Waals surface area contributed by atoms with E-state index in [0.717, 1.165) is 12.5 Å². The first-order chi connectivity index (χ1) is 20.5. The Kier molecular flexibility index (Phi) is 8.39. The number of amides is 3. The summed E-state index contributed by atoms with van der Waals surface area (Å²) < 4.78 is 60.3. The zero-order chi connectivity index (χ0) is 32.2. The van der Waals surface area contributed by atoms with E-state index < -0.39 is 52.0 Å². The van der Waals surface area contributed by atoms with Gasteiger partial charge in [-0.25, -0.2) is 4.79 Å². The summed E-state index contributed by atoms with van der Waals surface area (Å²) in [5, 5.41) is 0. The van der Waals surface area contributed by atoms with Crippen LogP contribution in [0, 0.1) is 5.41 Å². The lowest BCUT2D eigenvalue weighted by molar-refractivity contribution is -0.138. The Hall–Kier alpha value is -3.02. The van der Waals surface area contributed by atoms with Crippen molar-refractivity contribution in [3.63, 3.8) is 0 Å². The number of methoxy groups -OCH3 is 1. The van der Waals surface area contributed by atoms with Crippen molar-refractivity contribution >= 4 is 23.6 Å². The minimum Gasteiger partial charge on any atom is -0.475 e. The minimum atomic E-state index is -4.83. The predicted octanol–water partition coefficient (Wildman–Crippen LogP) is 6.03. The van der Waals surface area contributed by atoms with E-state index in [4.69, 9.17) is 14.2 Å². The lowest BCUT2D eigenvalue weighted by Gasteiger charge is -2.38. The molecule has 2 saturated carbocycles. The van der Waals surface area contributed by atoms with Crippen molar-refractivity contribution in [3.8, 4) is 5.75 Å². The summed E-state index contributed by atoms with van der Waals surface area (Å²) in [6, 6.07) is 1.35. The number of halogens is 3. The van der Waals surface area contributed by atoms with Crippen LogP contribution in [0.1, 0.15) is 95.5 Å². The SMILES string of the molecule is COCCCCN1C(=O)C2(CC2)Oc2cc(C(F)(F)F)c(C(=O)N(C(C)C)C3C[C@@]34CCCN(C(=O)OC(C)(C)C)C4)cc21. The lowest BCUT2D eigenvalue weighted by atomic mass is 9.93. The van der Waals surface area contributed by atoms with Crippen LogP contribution in [-0.4, -0.2) is 84.3 Å². The third-order valence-corrected chi connectivity index (χ3v) is 9.08. The average Bonchev–Trinajstić information content (AvgIpc) is 3.84. The number of anilines is 1. The molecule has 12 heteroatoms. The van der Waals surface area contributed by atoms with E-state index in [1.54, 1.807) is 46.6 Å². The molecule has 1 aromatic rings. The van der Waals surface area contributed by atoms with Gasteiger partial charge in [-0.3, -0.25) is 9.59 Å². The molecule has 1 aromatic carbocycles. The van der Waals surface area contributed by atoms with E-state index in [0.29, 0.717) is 58.2 Å². The van der Waals surface area contributed by atoms with Gasteiger partial charge >= 0.3 is 12.3 Å². The number of hydrogen-bond donors (Lipinski definition) is 0. The summed E-state index contributed by atoms with van der Waals surface area (Å²) in [6.07, 6.45) is -1.09. The van der Waals surface area contributed by atoms with Crippen molar-refractivity contribution in [1.29, 1.82) is 0 Å². The monoisotopic (exact) mass is 623 g/mol. The largest absolute Gasteiger partial charge is 0.475 e. The van der Waals surface area contributed by atoms with E-state index in [1.165, 1.54) is 15.9 Å². The lowest BCUT2D eigenvalue weighted by Crippen LogP contribution is -2.49. The maximum Gasteiger partial charge on any atom is 0.417 e. The van der Waals surface area contributed by atoms with Crippen molar-refractivity contribution in [3.05, 3.63) is 23.3 Å². The average molecular weight is 624 g/mol. The van der Waals surface area contributed by atoms with Crippen LogP contribution in [0.5, 0.6) is 5.75 Å². The normalized spacial score (nSPS) is 24.0. The predicted molar refractivity (Wildman–Crippen MR) is 157 cm³/mol. The highest BCUT2D eigenvalue weighted by atomic mass is 19.4. The van der Waals surface area contributed by atoms with Gasteiger partial charge in [0.1, 0.15) is 11.4 Å². The molecular weight excluding hydrogens is 579 g/mol. The molecule has 2 aliphatic heterocycles. The van der Waals surface area contributed by atoms with Crippen LogP contribution >= 0.6 is 0 Å². The van der Waals surface area contributed by atoms with Crippen LogP contribution in [0.3, 0.4) is 0 Å². The number of fused-ring (bicyclic) bond motifs is 1. The highest BCUT2D eigenvalue weighted by Crippen LogP contribution is 2.57. The fourth-order valence-electron chi connectivity index (χ4n) is 6.73. The van der Waals surface area contributed by atoms with Crippen LogP contribution in [0.2, 0.25) is 0 Å².